The predicted octanol–water partition coefficient (Wildman–Crippen LogP) is 4.48. The fourth-order valence-electron chi connectivity index (χ4n) is 2.72. The molecule has 1 amide bonds. The summed E-state index contributed by atoms with van der Waals surface area (Å²) in [6.07, 6.45) is -0.814. The zero-order valence-electron chi connectivity index (χ0n) is 14.5. The molecule has 1 aromatic carbocycles. The average molecular weight is 441 g/mol. The number of carbonyl (C=O) groups is 1. The van der Waals surface area contributed by atoms with Gasteiger partial charge < -0.3 is 9.88 Å². The van der Waals surface area contributed by atoms with Crippen molar-refractivity contribution in [1.29, 1.82) is 0 Å². The third-order valence-corrected chi connectivity index (χ3v) is 4.87. The van der Waals surface area contributed by atoms with Crippen molar-refractivity contribution in [2.75, 3.05) is 0 Å². The summed E-state index contributed by atoms with van der Waals surface area (Å²) in [5, 5.41) is 6.11. The number of nitrogens with one attached hydrogen (secondary N) is 1. The van der Waals surface area contributed by atoms with Crippen LogP contribution in [0.2, 0.25) is 0 Å². The summed E-state index contributed by atoms with van der Waals surface area (Å²) < 4.78 is 41.3. The molecule has 0 bridgehead atoms. The standard InChI is InChI=1S/C18H16BrF3N4O/c1-11(12-5-7-13(8-6-12)26-9-3-4-10-26)23-17(27)15-14(19)16(18(20,21)22)24-25(15)2/h3-11H,1-2H3,(H,23,27). The normalized spacial score (nSPS) is 12.8. The second kappa shape index (κ2) is 7.22. The van der Waals surface area contributed by atoms with Crippen molar-refractivity contribution < 1.29 is 18.0 Å². The van der Waals surface area contributed by atoms with Crippen LogP contribution in [0.4, 0.5) is 13.2 Å². The smallest absolute Gasteiger partial charge is 0.344 e. The highest BCUT2D eigenvalue weighted by Crippen LogP contribution is 2.35. The number of rotatable bonds is 4. The van der Waals surface area contributed by atoms with Crippen LogP contribution in [-0.4, -0.2) is 20.3 Å². The largest absolute Gasteiger partial charge is 0.436 e. The van der Waals surface area contributed by atoms with Crippen LogP contribution in [-0.2, 0) is 13.2 Å². The number of hydrogen-bond donors (Lipinski definition) is 1. The van der Waals surface area contributed by atoms with Gasteiger partial charge in [-0.25, -0.2) is 0 Å². The van der Waals surface area contributed by atoms with Gasteiger partial charge >= 0.3 is 6.18 Å². The SMILES string of the molecule is CC(NC(=O)c1c(Br)c(C(F)(F)F)nn1C)c1ccc(-n2cccc2)cc1. The van der Waals surface area contributed by atoms with Gasteiger partial charge in [-0.15, -0.1) is 0 Å². The lowest BCUT2D eigenvalue weighted by molar-refractivity contribution is -0.142. The summed E-state index contributed by atoms with van der Waals surface area (Å²) in [6.45, 7) is 1.76. The van der Waals surface area contributed by atoms with Gasteiger partial charge in [0.15, 0.2) is 5.69 Å². The molecular formula is C18H16BrF3N4O. The van der Waals surface area contributed by atoms with Gasteiger partial charge in [0.25, 0.3) is 5.91 Å². The molecule has 1 atom stereocenters. The highest BCUT2D eigenvalue weighted by Gasteiger charge is 2.39. The van der Waals surface area contributed by atoms with Gasteiger partial charge in [0.05, 0.1) is 10.5 Å². The summed E-state index contributed by atoms with van der Waals surface area (Å²) in [6, 6.07) is 11.0. The lowest BCUT2D eigenvalue weighted by atomic mass is 10.1. The Bertz CT molecular complexity index is 946. The number of carbonyl (C=O) groups excluding carboxylic acids is 1. The van der Waals surface area contributed by atoms with Crippen molar-refractivity contribution in [3.05, 3.63) is 70.2 Å². The molecule has 0 radical (unpaired) electrons. The van der Waals surface area contributed by atoms with Crippen molar-refractivity contribution in [2.24, 2.45) is 7.05 Å². The fourth-order valence-corrected chi connectivity index (χ4v) is 3.46. The molecule has 0 fully saturated rings. The first kappa shape index (κ1) is 19.2. The number of amides is 1. The molecule has 2 aromatic heterocycles. The highest BCUT2D eigenvalue weighted by atomic mass is 79.9. The van der Waals surface area contributed by atoms with E-state index in [1.54, 1.807) is 6.92 Å². The summed E-state index contributed by atoms with van der Waals surface area (Å²) >= 11 is 2.85. The van der Waals surface area contributed by atoms with E-state index in [1.165, 1.54) is 7.05 Å². The van der Waals surface area contributed by atoms with Crippen molar-refractivity contribution in [3.8, 4) is 5.69 Å². The molecule has 142 valence electrons. The van der Waals surface area contributed by atoms with Crippen LogP contribution >= 0.6 is 15.9 Å². The number of aryl methyl sites for hydroxylation is 1. The molecule has 3 aromatic rings. The van der Waals surface area contributed by atoms with E-state index in [-0.39, 0.29) is 10.2 Å². The molecular weight excluding hydrogens is 425 g/mol. The van der Waals surface area contributed by atoms with E-state index >= 15 is 0 Å². The Morgan fingerprint density at radius 2 is 1.78 bits per heavy atom. The molecule has 0 saturated heterocycles. The number of alkyl halides is 3. The van der Waals surface area contributed by atoms with Gasteiger partial charge in [0.2, 0.25) is 0 Å². The number of hydrogen-bond acceptors (Lipinski definition) is 2. The van der Waals surface area contributed by atoms with E-state index in [2.05, 4.69) is 26.3 Å². The van der Waals surface area contributed by atoms with Crippen molar-refractivity contribution in [3.63, 3.8) is 0 Å². The average Bonchev–Trinajstić information content (AvgIpc) is 3.22. The first-order valence-corrected chi connectivity index (χ1v) is 8.81. The Balaban J connectivity index is 1.77. The van der Waals surface area contributed by atoms with Crippen LogP contribution in [0.5, 0.6) is 0 Å². The molecule has 0 aliphatic heterocycles. The highest BCUT2D eigenvalue weighted by molar-refractivity contribution is 9.10. The molecule has 0 aliphatic rings. The maximum atomic E-state index is 12.9. The molecule has 3 rings (SSSR count). The van der Waals surface area contributed by atoms with Crippen LogP contribution < -0.4 is 5.32 Å². The van der Waals surface area contributed by atoms with E-state index < -0.39 is 23.8 Å². The summed E-state index contributed by atoms with van der Waals surface area (Å²) in [5.74, 6) is -0.644. The number of aromatic nitrogens is 3. The Morgan fingerprint density at radius 3 is 2.30 bits per heavy atom. The number of nitrogens with zero attached hydrogens (tertiary/aromatic N) is 3. The molecule has 27 heavy (non-hydrogen) atoms. The summed E-state index contributed by atoms with van der Waals surface area (Å²) in [5.41, 5.74) is 0.483. The van der Waals surface area contributed by atoms with Crippen molar-refractivity contribution >= 4 is 21.8 Å². The minimum atomic E-state index is -4.64. The first-order chi connectivity index (χ1) is 12.7. The van der Waals surface area contributed by atoms with Crippen molar-refractivity contribution in [2.45, 2.75) is 19.1 Å². The lowest BCUT2D eigenvalue weighted by Gasteiger charge is -2.15. The number of benzene rings is 1. The molecule has 5 nitrogen and oxygen atoms in total. The van der Waals surface area contributed by atoms with Gasteiger partial charge in [-0.05, 0) is 52.7 Å². The maximum absolute atomic E-state index is 12.9. The van der Waals surface area contributed by atoms with E-state index in [1.807, 2.05) is 53.4 Å². The zero-order valence-corrected chi connectivity index (χ0v) is 16.0. The van der Waals surface area contributed by atoms with Gasteiger partial charge in [-0.1, -0.05) is 12.1 Å². The second-order valence-corrected chi connectivity index (χ2v) is 6.80. The van der Waals surface area contributed by atoms with E-state index in [9.17, 15) is 18.0 Å². The molecule has 9 heteroatoms. The first-order valence-electron chi connectivity index (χ1n) is 8.02. The van der Waals surface area contributed by atoms with E-state index in [0.717, 1.165) is 15.9 Å². The van der Waals surface area contributed by atoms with Gasteiger partial charge in [0.1, 0.15) is 5.69 Å². The van der Waals surface area contributed by atoms with Gasteiger partial charge in [0, 0.05) is 25.1 Å². The topological polar surface area (TPSA) is 51.9 Å². The monoisotopic (exact) mass is 440 g/mol. The molecule has 2 heterocycles. The molecule has 1 unspecified atom stereocenters. The van der Waals surface area contributed by atoms with Gasteiger partial charge in [-0.2, -0.15) is 18.3 Å². The third kappa shape index (κ3) is 3.92. The minimum absolute atomic E-state index is 0.182. The van der Waals surface area contributed by atoms with E-state index in [0.29, 0.717) is 0 Å². The summed E-state index contributed by atoms with van der Waals surface area (Å²) in [7, 11) is 1.30. The number of halogens is 4. The fraction of sp³-hybridized carbons (Fsp3) is 0.222. The molecule has 0 saturated carbocycles. The Kier molecular flexibility index (Phi) is 5.14. The molecule has 1 N–H and O–H groups in total. The van der Waals surface area contributed by atoms with Crippen LogP contribution in [0.1, 0.15) is 34.7 Å². The predicted molar refractivity (Wildman–Crippen MR) is 97.6 cm³/mol. The quantitative estimate of drug-likeness (QED) is 0.649. The lowest BCUT2D eigenvalue weighted by Crippen LogP contribution is -2.28. The Morgan fingerprint density at radius 1 is 1.19 bits per heavy atom. The Labute approximate surface area is 161 Å². The maximum Gasteiger partial charge on any atom is 0.436 e. The summed E-state index contributed by atoms with van der Waals surface area (Å²) in [4.78, 5) is 12.5. The van der Waals surface area contributed by atoms with E-state index in [4.69, 9.17) is 0 Å². The van der Waals surface area contributed by atoms with Crippen molar-refractivity contribution in [1.82, 2.24) is 19.7 Å². The Hall–Kier alpha value is -2.55. The second-order valence-electron chi connectivity index (χ2n) is 6.01. The third-order valence-electron chi connectivity index (χ3n) is 4.12. The molecule has 0 spiro atoms. The van der Waals surface area contributed by atoms with Crippen LogP contribution in [0.25, 0.3) is 5.69 Å². The molecule has 0 aliphatic carbocycles. The zero-order chi connectivity index (χ0) is 19.8. The minimum Gasteiger partial charge on any atom is -0.344 e. The van der Waals surface area contributed by atoms with Crippen LogP contribution in [0.15, 0.2) is 53.3 Å². The van der Waals surface area contributed by atoms with Crippen LogP contribution in [0.3, 0.4) is 0 Å². The van der Waals surface area contributed by atoms with Gasteiger partial charge in [-0.3, -0.25) is 9.48 Å². The van der Waals surface area contributed by atoms with Crippen LogP contribution in [0, 0.1) is 0 Å².